The lowest BCUT2D eigenvalue weighted by Gasteiger charge is -2.27. The Morgan fingerprint density at radius 1 is 1.44 bits per heavy atom. The van der Waals surface area contributed by atoms with Crippen LogP contribution in [0.2, 0.25) is 0 Å². The van der Waals surface area contributed by atoms with E-state index in [0.717, 1.165) is 0 Å². The first-order valence-electron chi connectivity index (χ1n) is 5.80. The maximum Gasteiger partial charge on any atom is 0.309 e. The van der Waals surface area contributed by atoms with E-state index in [0.29, 0.717) is 32.2 Å². The number of hydrogen-bond donors (Lipinski definition) is 0. The molecule has 0 fully saturated rings. The van der Waals surface area contributed by atoms with Crippen molar-refractivity contribution in [1.82, 2.24) is 4.90 Å². The highest BCUT2D eigenvalue weighted by Crippen LogP contribution is 2.07. The van der Waals surface area contributed by atoms with Crippen LogP contribution in [0.1, 0.15) is 34.1 Å². The van der Waals surface area contributed by atoms with Crippen molar-refractivity contribution in [1.29, 1.82) is 5.26 Å². The Morgan fingerprint density at radius 2 is 2.06 bits per heavy atom. The SMILES string of the molecule is CCOC(=O)C(C)CN(CCC#N)C(C)C. The van der Waals surface area contributed by atoms with Crippen molar-refractivity contribution < 1.29 is 9.53 Å². The standard InChI is InChI=1S/C12H22N2O2/c1-5-16-12(15)11(4)9-14(10(2)3)8-6-7-13/h10-11H,5-6,8-9H2,1-4H3. The fourth-order valence-corrected chi connectivity index (χ4v) is 1.46. The number of carbonyl (C=O) groups is 1. The second-order valence-electron chi connectivity index (χ2n) is 4.15. The quantitative estimate of drug-likeness (QED) is 0.621. The summed E-state index contributed by atoms with van der Waals surface area (Å²) in [6.45, 7) is 9.57. The third-order valence-electron chi connectivity index (χ3n) is 2.44. The topological polar surface area (TPSA) is 53.3 Å². The largest absolute Gasteiger partial charge is 0.466 e. The Balaban J connectivity index is 4.17. The molecule has 0 amide bonds. The van der Waals surface area contributed by atoms with Crippen LogP contribution in [-0.2, 0) is 9.53 Å². The molecule has 0 aliphatic heterocycles. The van der Waals surface area contributed by atoms with Crippen molar-refractivity contribution >= 4 is 5.97 Å². The van der Waals surface area contributed by atoms with E-state index in [2.05, 4.69) is 24.8 Å². The molecule has 0 rings (SSSR count). The van der Waals surface area contributed by atoms with Crippen LogP contribution in [0.3, 0.4) is 0 Å². The van der Waals surface area contributed by atoms with Gasteiger partial charge in [-0.1, -0.05) is 6.92 Å². The van der Waals surface area contributed by atoms with E-state index in [4.69, 9.17) is 10.00 Å². The molecule has 0 aromatic carbocycles. The van der Waals surface area contributed by atoms with Gasteiger partial charge in [-0.3, -0.25) is 9.69 Å². The van der Waals surface area contributed by atoms with Gasteiger partial charge in [0, 0.05) is 25.6 Å². The molecular formula is C12H22N2O2. The number of nitriles is 1. The number of esters is 1. The van der Waals surface area contributed by atoms with Gasteiger partial charge >= 0.3 is 5.97 Å². The van der Waals surface area contributed by atoms with Crippen LogP contribution >= 0.6 is 0 Å². The summed E-state index contributed by atoms with van der Waals surface area (Å²) < 4.78 is 4.96. The van der Waals surface area contributed by atoms with Crippen molar-refractivity contribution in [2.24, 2.45) is 5.92 Å². The monoisotopic (exact) mass is 226 g/mol. The van der Waals surface area contributed by atoms with Gasteiger partial charge in [-0.25, -0.2) is 0 Å². The van der Waals surface area contributed by atoms with Crippen LogP contribution in [0.4, 0.5) is 0 Å². The summed E-state index contributed by atoms with van der Waals surface area (Å²) in [6.07, 6.45) is 0.494. The first kappa shape index (κ1) is 14.9. The number of nitrogens with zero attached hydrogens (tertiary/aromatic N) is 2. The van der Waals surface area contributed by atoms with Crippen molar-refractivity contribution in [2.45, 2.75) is 40.2 Å². The Labute approximate surface area is 98.2 Å². The van der Waals surface area contributed by atoms with Gasteiger partial charge in [-0.05, 0) is 20.8 Å². The first-order chi connectivity index (χ1) is 7.52. The minimum absolute atomic E-state index is 0.138. The van der Waals surface area contributed by atoms with Gasteiger partial charge in [0.1, 0.15) is 0 Å². The molecule has 4 nitrogen and oxygen atoms in total. The van der Waals surface area contributed by atoms with E-state index in [9.17, 15) is 4.79 Å². The molecule has 0 aliphatic carbocycles. The first-order valence-corrected chi connectivity index (χ1v) is 5.80. The van der Waals surface area contributed by atoms with E-state index < -0.39 is 0 Å². The van der Waals surface area contributed by atoms with Crippen molar-refractivity contribution in [2.75, 3.05) is 19.7 Å². The highest BCUT2D eigenvalue weighted by molar-refractivity contribution is 5.72. The molecule has 0 heterocycles. The summed E-state index contributed by atoms with van der Waals surface area (Å²) in [6, 6.07) is 2.46. The minimum atomic E-state index is -0.162. The van der Waals surface area contributed by atoms with E-state index in [1.54, 1.807) is 6.92 Å². The summed E-state index contributed by atoms with van der Waals surface area (Å²) in [5.41, 5.74) is 0. The molecule has 1 unspecified atom stereocenters. The van der Waals surface area contributed by atoms with E-state index in [1.807, 2.05) is 6.92 Å². The van der Waals surface area contributed by atoms with Gasteiger partial charge in [-0.2, -0.15) is 5.26 Å². The molecular weight excluding hydrogens is 204 g/mol. The third kappa shape index (κ3) is 5.72. The summed E-state index contributed by atoms with van der Waals surface area (Å²) in [5.74, 6) is -0.300. The van der Waals surface area contributed by atoms with Crippen molar-refractivity contribution in [3.05, 3.63) is 0 Å². The molecule has 0 N–H and O–H groups in total. The summed E-state index contributed by atoms with van der Waals surface area (Å²) >= 11 is 0. The smallest absolute Gasteiger partial charge is 0.309 e. The molecule has 0 spiro atoms. The molecule has 0 aromatic heterocycles. The van der Waals surface area contributed by atoms with Gasteiger partial charge in [0.2, 0.25) is 0 Å². The molecule has 0 saturated heterocycles. The molecule has 0 aliphatic rings. The molecule has 16 heavy (non-hydrogen) atoms. The number of hydrogen-bond acceptors (Lipinski definition) is 4. The molecule has 0 aromatic rings. The zero-order chi connectivity index (χ0) is 12.6. The van der Waals surface area contributed by atoms with Gasteiger partial charge in [-0.15, -0.1) is 0 Å². The van der Waals surface area contributed by atoms with Crippen LogP contribution in [0.25, 0.3) is 0 Å². The second-order valence-corrected chi connectivity index (χ2v) is 4.15. The van der Waals surface area contributed by atoms with Gasteiger partial charge in [0.15, 0.2) is 0 Å². The number of carbonyl (C=O) groups excluding carboxylic acids is 1. The number of rotatable bonds is 7. The fourth-order valence-electron chi connectivity index (χ4n) is 1.46. The predicted octanol–water partition coefficient (Wildman–Crippen LogP) is 1.81. The van der Waals surface area contributed by atoms with Crippen molar-refractivity contribution in [3.63, 3.8) is 0 Å². The summed E-state index contributed by atoms with van der Waals surface area (Å²) in [4.78, 5) is 13.6. The molecule has 1 atom stereocenters. The Bertz CT molecular complexity index is 246. The Morgan fingerprint density at radius 3 is 2.50 bits per heavy atom. The van der Waals surface area contributed by atoms with E-state index in [1.165, 1.54) is 0 Å². The third-order valence-corrected chi connectivity index (χ3v) is 2.44. The molecule has 92 valence electrons. The van der Waals surface area contributed by atoms with Crippen LogP contribution in [0, 0.1) is 17.2 Å². The van der Waals surface area contributed by atoms with Gasteiger partial charge < -0.3 is 4.74 Å². The summed E-state index contributed by atoms with van der Waals surface area (Å²) in [5, 5.41) is 8.56. The zero-order valence-corrected chi connectivity index (χ0v) is 10.7. The lowest BCUT2D eigenvalue weighted by Crippen LogP contribution is -2.38. The lowest BCUT2D eigenvalue weighted by molar-refractivity contribution is -0.148. The van der Waals surface area contributed by atoms with Crippen LogP contribution < -0.4 is 0 Å². The maximum atomic E-state index is 11.5. The lowest BCUT2D eigenvalue weighted by atomic mass is 10.1. The van der Waals surface area contributed by atoms with Crippen LogP contribution in [0.5, 0.6) is 0 Å². The zero-order valence-electron chi connectivity index (χ0n) is 10.7. The molecule has 0 bridgehead atoms. The minimum Gasteiger partial charge on any atom is -0.466 e. The highest BCUT2D eigenvalue weighted by Gasteiger charge is 2.19. The highest BCUT2D eigenvalue weighted by atomic mass is 16.5. The predicted molar refractivity (Wildman–Crippen MR) is 62.7 cm³/mol. The maximum absolute atomic E-state index is 11.5. The fraction of sp³-hybridized carbons (Fsp3) is 0.833. The Hall–Kier alpha value is -1.08. The molecule has 0 saturated carbocycles. The van der Waals surface area contributed by atoms with E-state index in [-0.39, 0.29) is 11.9 Å². The van der Waals surface area contributed by atoms with Crippen LogP contribution in [-0.4, -0.2) is 36.6 Å². The van der Waals surface area contributed by atoms with Gasteiger partial charge in [0.05, 0.1) is 18.6 Å². The van der Waals surface area contributed by atoms with Crippen LogP contribution in [0.15, 0.2) is 0 Å². The second kappa shape index (κ2) is 8.12. The van der Waals surface area contributed by atoms with Gasteiger partial charge in [0.25, 0.3) is 0 Å². The molecule has 0 radical (unpaired) electrons. The number of ether oxygens (including phenoxy) is 1. The average molecular weight is 226 g/mol. The Kier molecular flexibility index (Phi) is 7.57. The molecule has 4 heteroatoms. The normalized spacial score (nSPS) is 12.6. The summed E-state index contributed by atoms with van der Waals surface area (Å²) in [7, 11) is 0. The van der Waals surface area contributed by atoms with E-state index >= 15 is 0 Å². The average Bonchev–Trinajstić information content (AvgIpc) is 2.23. The van der Waals surface area contributed by atoms with Crippen molar-refractivity contribution in [3.8, 4) is 6.07 Å².